The molecule has 1 atom stereocenters. The van der Waals surface area contributed by atoms with E-state index in [4.69, 9.17) is 9.15 Å². The number of furan rings is 1. The Kier molecular flexibility index (Phi) is 5.95. The van der Waals surface area contributed by atoms with Gasteiger partial charge >= 0.3 is 5.97 Å². The molecular formula is C21H16Br2N2O4S. The third kappa shape index (κ3) is 3.77. The molecule has 0 bridgehead atoms. The molecule has 0 N–H and O–H groups in total. The summed E-state index contributed by atoms with van der Waals surface area (Å²) in [7, 11) is 0. The first kappa shape index (κ1) is 21.0. The Morgan fingerprint density at radius 1 is 1.33 bits per heavy atom. The van der Waals surface area contributed by atoms with Crippen LogP contribution in [0.4, 0.5) is 0 Å². The Morgan fingerprint density at radius 3 is 2.70 bits per heavy atom. The van der Waals surface area contributed by atoms with Gasteiger partial charge in [-0.1, -0.05) is 41.7 Å². The lowest BCUT2D eigenvalue weighted by molar-refractivity contribution is -0.139. The van der Waals surface area contributed by atoms with E-state index in [-0.39, 0.29) is 12.2 Å². The molecule has 30 heavy (non-hydrogen) atoms. The van der Waals surface area contributed by atoms with E-state index in [1.165, 1.54) is 11.3 Å². The van der Waals surface area contributed by atoms with Gasteiger partial charge in [-0.2, -0.15) is 0 Å². The quantitative estimate of drug-likeness (QED) is 0.461. The molecule has 6 nitrogen and oxygen atoms in total. The van der Waals surface area contributed by atoms with Crippen molar-refractivity contribution < 1.29 is 13.9 Å². The fourth-order valence-corrected chi connectivity index (χ4v) is 4.94. The molecule has 1 aromatic carbocycles. The molecule has 3 heterocycles. The summed E-state index contributed by atoms with van der Waals surface area (Å²) in [6, 6.07) is 10.6. The predicted octanol–water partition coefficient (Wildman–Crippen LogP) is 3.92. The van der Waals surface area contributed by atoms with Crippen LogP contribution in [-0.2, 0) is 9.53 Å². The Balaban J connectivity index is 1.95. The average Bonchev–Trinajstić information content (AvgIpc) is 3.19. The fraction of sp³-hybridized carbons (Fsp3) is 0.190. The summed E-state index contributed by atoms with van der Waals surface area (Å²) in [5, 5.41) is 0. The number of ether oxygens (including phenoxy) is 1. The van der Waals surface area contributed by atoms with Gasteiger partial charge in [-0.3, -0.25) is 9.36 Å². The molecule has 0 fully saturated rings. The van der Waals surface area contributed by atoms with Crippen molar-refractivity contribution in [3.63, 3.8) is 0 Å². The molecule has 2 aromatic heterocycles. The van der Waals surface area contributed by atoms with E-state index in [1.54, 1.807) is 30.6 Å². The second-order valence-electron chi connectivity index (χ2n) is 6.48. The highest BCUT2D eigenvalue weighted by Gasteiger charge is 2.33. The third-order valence-corrected chi connectivity index (χ3v) is 7.26. The van der Waals surface area contributed by atoms with Gasteiger partial charge in [0, 0.05) is 6.08 Å². The SMILES string of the molecule is CCOC(=O)C1=C(C)N=c2s/c(=C/c3cc(Br)c(Br)o3)c(=O)n2[C@@H]1c1ccccc1. The molecule has 0 aliphatic carbocycles. The van der Waals surface area contributed by atoms with Gasteiger partial charge < -0.3 is 9.15 Å². The standard InChI is InChI=1S/C21H16Br2N2O4S/c1-3-28-20(27)16-11(2)24-21-25(17(16)12-7-5-4-6-8-12)19(26)15(30-21)10-13-9-14(22)18(23)29-13/h4-10,17H,3H2,1-2H3/b15-10+/t17-/m1/s1. The lowest BCUT2D eigenvalue weighted by Gasteiger charge is -2.24. The van der Waals surface area contributed by atoms with Crippen LogP contribution in [0.25, 0.3) is 6.08 Å². The van der Waals surface area contributed by atoms with E-state index in [9.17, 15) is 9.59 Å². The summed E-state index contributed by atoms with van der Waals surface area (Å²) in [4.78, 5) is 31.2. The molecule has 0 radical (unpaired) electrons. The molecule has 0 unspecified atom stereocenters. The lowest BCUT2D eigenvalue weighted by Crippen LogP contribution is -2.39. The number of allylic oxidation sites excluding steroid dienone is 1. The van der Waals surface area contributed by atoms with Gasteiger partial charge in [0.15, 0.2) is 9.47 Å². The predicted molar refractivity (Wildman–Crippen MR) is 121 cm³/mol. The van der Waals surface area contributed by atoms with E-state index in [2.05, 4.69) is 36.9 Å². The van der Waals surface area contributed by atoms with Gasteiger partial charge in [-0.25, -0.2) is 9.79 Å². The largest absolute Gasteiger partial charge is 0.463 e. The zero-order valence-electron chi connectivity index (χ0n) is 16.0. The number of carbonyl (C=O) groups excluding carboxylic acids is 1. The van der Waals surface area contributed by atoms with Crippen LogP contribution in [0.15, 0.2) is 71.0 Å². The molecule has 0 spiro atoms. The Bertz CT molecular complexity index is 1320. The van der Waals surface area contributed by atoms with Gasteiger partial charge in [0.25, 0.3) is 5.56 Å². The van der Waals surface area contributed by atoms with Crippen molar-refractivity contribution in [2.24, 2.45) is 4.99 Å². The number of thiazole rings is 1. The molecule has 1 aliphatic rings. The maximum atomic E-state index is 13.4. The van der Waals surface area contributed by atoms with Crippen molar-refractivity contribution in [3.8, 4) is 0 Å². The molecule has 0 saturated carbocycles. The molecule has 9 heteroatoms. The van der Waals surface area contributed by atoms with Crippen LogP contribution in [0.1, 0.15) is 31.2 Å². The molecular weight excluding hydrogens is 536 g/mol. The van der Waals surface area contributed by atoms with E-state index in [0.717, 1.165) is 10.0 Å². The molecule has 1 aliphatic heterocycles. The normalized spacial score (nSPS) is 16.4. The van der Waals surface area contributed by atoms with Crippen molar-refractivity contribution in [1.29, 1.82) is 0 Å². The summed E-state index contributed by atoms with van der Waals surface area (Å²) < 4.78 is 14.2. The van der Waals surface area contributed by atoms with Crippen LogP contribution >= 0.6 is 43.2 Å². The number of esters is 1. The van der Waals surface area contributed by atoms with E-state index < -0.39 is 12.0 Å². The zero-order chi connectivity index (χ0) is 21.4. The van der Waals surface area contributed by atoms with Crippen LogP contribution in [-0.4, -0.2) is 17.1 Å². The Labute approximate surface area is 192 Å². The number of nitrogens with zero attached hydrogens (tertiary/aromatic N) is 2. The summed E-state index contributed by atoms with van der Waals surface area (Å²) in [5.41, 5.74) is 1.47. The highest BCUT2D eigenvalue weighted by molar-refractivity contribution is 9.13. The van der Waals surface area contributed by atoms with Gasteiger partial charge in [0.05, 0.1) is 32.9 Å². The minimum absolute atomic E-state index is 0.240. The number of halogens is 2. The number of hydrogen-bond acceptors (Lipinski definition) is 6. The third-order valence-electron chi connectivity index (χ3n) is 4.57. The minimum Gasteiger partial charge on any atom is -0.463 e. The summed E-state index contributed by atoms with van der Waals surface area (Å²) in [6.07, 6.45) is 1.67. The lowest BCUT2D eigenvalue weighted by atomic mass is 9.96. The van der Waals surface area contributed by atoms with Crippen molar-refractivity contribution in [2.45, 2.75) is 19.9 Å². The minimum atomic E-state index is -0.612. The topological polar surface area (TPSA) is 73.8 Å². The van der Waals surface area contributed by atoms with Gasteiger partial charge in [-0.05, 0) is 57.3 Å². The Hall–Kier alpha value is -2.23. The molecule has 154 valence electrons. The number of aromatic nitrogens is 1. The van der Waals surface area contributed by atoms with Gasteiger partial charge in [0.2, 0.25) is 0 Å². The number of benzene rings is 1. The smallest absolute Gasteiger partial charge is 0.338 e. The summed E-state index contributed by atoms with van der Waals surface area (Å²) >= 11 is 7.93. The van der Waals surface area contributed by atoms with Crippen LogP contribution in [0.5, 0.6) is 0 Å². The van der Waals surface area contributed by atoms with E-state index in [1.807, 2.05) is 30.3 Å². The zero-order valence-corrected chi connectivity index (χ0v) is 20.0. The highest BCUT2D eigenvalue weighted by Crippen LogP contribution is 2.30. The summed E-state index contributed by atoms with van der Waals surface area (Å²) in [6.45, 7) is 3.75. The van der Waals surface area contributed by atoms with E-state index in [0.29, 0.717) is 31.0 Å². The number of carbonyl (C=O) groups is 1. The molecule has 4 rings (SSSR count). The van der Waals surface area contributed by atoms with Crippen molar-refractivity contribution in [1.82, 2.24) is 4.57 Å². The number of rotatable bonds is 4. The maximum Gasteiger partial charge on any atom is 0.338 e. The van der Waals surface area contributed by atoms with Crippen molar-refractivity contribution in [3.05, 3.63) is 87.8 Å². The number of fused-ring (bicyclic) bond motifs is 1. The molecule has 0 amide bonds. The van der Waals surface area contributed by atoms with Gasteiger partial charge in [0.1, 0.15) is 5.76 Å². The second kappa shape index (κ2) is 8.49. The van der Waals surface area contributed by atoms with Crippen LogP contribution in [0.3, 0.4) is 0 Å². The van der Waals surface area contributed by atoms with Crippen LogP contribution in [0, 0.1) is 0 Å². The van der Waals surface area contributed by atoms with Crippen molar-refractivity contribution in [2.75, 3.05) is 6.61 Å². The summed E-state index contributed by atoms with van der Waals surface area (Å²) in [5.74, 6) is 0.0531. The first-order chi connectivity index (χ1) is 14.4. The fourth-order valence-electron chi connectivity index (χ4n) is 3.31. The maximum absolute atomic E-state index is 13.4. The average molecular weight is 552 g/mol. The molecule has 0 saturated heterocycles. The second-order valence-corrected chi connectivity index (χ2v) is 9.07. The van der Waals surface area contributed by atoms with E-state index >= 15 is 0 Å². The van der Waals surface area contributed by atoms with Gasteiger partial charge in [-0.15, -0.1) is 0 Å². The van der Waals surface area contributed by atoms with Crippen LogP contribution < -0.4 is 14.9 Å². The Morgan fingerprint density at radius 2 is 2.07 bits per heavy atom. The number of hydrogen-bond donors (Lipinski definition) is 0. The first-order valence-electron chi connectivity index (χ1n) is 9.10. The van der Waals surface area contributed by atoms with Crippen molar-refractivity contribution >= 4 is 55.2 Å². The first-order valence-corrected chi connectivity index (χ1v) is 11.5. The molecule has 3 aromatic rings. The highest BCUT2D eigenvalue weighted by atomic mass is 79.9. The monoisotopic (exact) mass is 550 g/mol. The van der Waals surface area contributed by atoms with Crippen LogP contribution in [0.2, 0.25) is 0 Å².